The van der Waals surface area contributed by atoms with Gasteiger partial charge in [-0.2, -0.15) is 0 Å². The first-order chi connectivity index (χ1) is 24.8. The van der Waals surface area contributed by atoms with Gasteiger partial charge in [0.05, 0.1) is 11.0 Å². The van der Waals surface area contributed by atoms with Gasteiger partial charge in [0.2, 0.25) is 0 Å². The molecule has 0 radical (unpaired) electrons. The largest absolute Gasteiger partial charge is 0.456 e. The van der Waals surface area contributed by atoms with Crippen LogP contribution in [-0.2, 0) is 0 Å². The Morgan fingerprint density at radius 1 is 0.380 bits per heavy atom. The molecule has 0 unspecified atom stereocenters. The van der Waals surface area contributed by atoms with Crippen molar-refractivity contribution in [1.29, 1.82) is 0 Å². The Morgan fingerprint density at radius 2 is 0.960 bits per heavy atom. The molecule has 3 aromatic heterocycles. The van der Waals surface area contributed by atoms with Gasteiger partial charge in [0, 0.05) is 43.9 Å². The van der Waals surface area contributed by atoms with Crippen LogP contribution >= 0.6 is 0 Å². The highest BCUT2D eigenvalue weighted by Crippen LogP contribution is 2.39. The van der Waals surface area contributed by atoms with E-state index in [9.17, 15) is 0 Å². The molecule has 50 heavy (non-hydrogen) atoms. The van der Waals surface area contributed by atoms with Crippen LogP contribution < -0.4 is 0 Å². The minimum Gasteiger partial charge on any atom is -0.456 e. The number of furan rings is 1. The summed E-state index contributed by atoms with van der Waals surface area (Å²) in [7, 11) is 0. The molecular formula is C45H28N4O. The van der Waals surface area contributed by atoms with Gasteiger partial charge >= 0.3 is 0 Å². The summed E-state index contributed by atoms with van der Waals surface area (Å²) in [5.41, 5.74) is 9.96. The molecule has 3 heterocycles. The normalized spacial score (nSPS) is 11.6. The molecule has 0 saturated heterocycles. The molecular weight excluding hydrogens is 613 g/mol. The Labute approximate surface area is 287 Å². The first-order valence-corrected chi connectivity index (χ1v) is 16.7. The van der Waals surface area contributed by atoms with Gasteiger partial charge in [-0.05, 0) is 53.6 Å². The van der Waals surface area contributed by atoms with Crippen molar-refractivity contribution in [2.45, 2.75) is 0 Å². The highest BCUT2D eigenvalue weighted by molar-refractivity contribution is 6.13. The topological polar surface area (TPSA) is 56.7 Å². The zero-order valence-electron chi connectivity index (χ0n) is 26.9. The molecule has 5 heteroatoms. The van der Waals surface area contributed by atoms with Gasteiger partial charge in [0.15, 0.2) is 17.5 Å². The fourth-order valence-electron chi connectivity index (χ4n) is 7.15. The monoisotopic (exact) mass is 640 g/mol. The molecule has 7 aromatic carbocycles. The number of fused-ring (bicyclic) bond motifs is 6. The van der Waals surface area contributed by atoms with E-state index in [4.69, 9.17) is 19.4 Å². The summed E-state index contributed by atoms with van der Waals surface area (Å²) in [6.07, 6.45) is 0. The van der Waals surface area contributed by atoms with Gasteiger partial charge in [-0.25, -0.2) is 15.0 Å². The molecule has 0 saturated carbocycles. The van der Waals surface area contributed by atoms with E-state index < -0.39 is 0 Å². The first kappa shape index (κ1) is 28.2. The lowest BCUT2D eigenvalue weighted by Gasteiger charge is -2.11. The predicted molar refractivity (Wildman–Crippen MR) is 203 cm³/mol. The molecule has 234 valence electrons. The van der Waals surface area contributed by atoms with E-state index in [0.717, 1.165) is 66.5 Å². The van der Waals surface area contributed by atoms with Crippen LogP contribution in [0.15, 0.2) is 174 Å². The van der Waals surface area contributed by atoms with E-state index >= 15 is 0 Å². The van der Waals surface area contributed by atoms with Crippen molar-refractivity contribution in [3.8, 4) is 51.0 Å². The van der Waals surface area contributed by atoms with Crippen molar-refractivity contribution in [2.75, 3.05) is 0 Å². The van der Waals surface area contributed by atoms with E-state index in [1.54, 1.807) is 0 Å². The van der Waals surface area contributed by atoms with E-state index in [1.165, 1.54) is 10.8 Å². The molecule has 5 nitrogen and oxygen atoms in total. The summed E-state index contributed by atoms with van der Waals surface area (Å²) in [5.74, 6) is 1.82. The molecule has 0 fully saturated rings. The molecule has 0 atom stereocenters. The highest BCUT2D eigenvalue weighted by Gasteiger charge is 2.19. The average Bonchev–Trinajstić information content (AvgIpc) is 3.74. The number of hydrogen-bond acceptors (Lipinski definition) is 4. The standard InChI is InChI=1S/C45H28N4O/c1-3-13-29(14-4-1)31-17-11-18-32(27-31)44-46-43(30-15-5-2-6-16-30)47-45(48-44)36-21-12-24-41-42(36)37-28-33(25-26-40(37)50-41)49-38-22-9-7-19-34(38)35-20-8-10-23-39(35)49/h1-28H. The summed E-state index contributed by atoms with van der Waals surface area (Å²) in [6, 6.07) is 58.5. The van der Waals surface area contributed by atoms with Crippen LogP contribution in [0.25, 0.3) is 94.7 Å². The third kappa shape index (κ3) is 4.60. The lowest BCUT2D eigenvalue weighted by molar-refractivity contribution is 0.669. The van der Waals surface area contributed by atoms with Crippen LogP contribution in [0.3, 0.4) is 0 Å². The Kier molecular flexibility index (Phi) is 6.42. The van der Waals surface area contributed by atoms with Crippen molar-refractivity contribution >= 4 is 43.7 Å². The van der Waals surface area contributed by atoms with Gasteiger partial charge in [0.1, 0.15) is 11.2 Å². The van der Waals surface area contributed by atoms with Crippen molar-refractivity contribution in [1.82, 2.24) is 19.5 Å². The van der Waals surface area contributed by atoms with E-state index in [0.29, 0.717) is 17.5 Å². The van der Waals surface area contributed by atoms with Crippen LogP contribution in [0, 0.1) is 0 Å². The van der Waals surface area contributed by atoms with Crippen molar-refractivity contribution in [3.05, 3.63) is 170 Å². The molecule has 0 N–H and O–H groups in total. The molecule has 0 bridgehead atoms. The van der Waals surface area contributed by atoms with Gasteiger partial charge < -0.3 is 8.98 Å². The molecule has 0 aliphatic heterocycles. The number of para-hydroxylation sites is 2. The Balaban J connectivity index is 1.20. The summed E-state index contributed by atoms with van der Waals surface area (Å²) >= 11 is 0. The molecule has 10 rings (SSSR count). The maximum atomic E-state index is 6.48. The highest BCUT2D eigenvalue weighted by atomic mass is 16.3. The fourth-order valence-corrected chi connectivity index (χ4v) is 7.15. The Bertz CT molecular complexity index is 2820. The molecule has 10 aromatic rings. The second kappa shape index (κ2) is 11.4. The Hall–Kier alpha value is -6.85. The maximum Gasteiger partial charge on any atom is 0.164 e. The van der Waals surface area contributed by atoms with Crippen LogP contribution in [0.5, 0.6) is 0 Å². The zero-order valence-corrected chi connectivity index (χ0v) is 26.9. The van der Waals surface area contributed by atoms with Gasteiger partial charge in [-0.15, -0.1) is 0 Å². The molecule has 0 amide bonds. The van der Waals surface area contributed by atoms with E-state index in [1.807, 2.05) is 48.5 Å². The fraction of sp³-hybridized carbons (Fsp3) is 0. The molecule has 0 spiro atoms. The van der Waals surface area contributed by atoms with Crippen LogP contribution in [0.1, 0.15) is 0 Å². The third-order valence-electron chi connectivity index (χ3n) is 9.45. The average molecular weight is 641 g/mol. The van der Waals surface area contributed by atoms with Crippen LogP contribution in [0.2, 0.25) is 0 Å². The number of rotatable bonds is 5. The van der Waals surface area contributed by atoms with Gasteiger partial charge in [0.25, 0.3) is 0 Å². The second-order valence-electron chi connectivity index (χ2n) is 12.5. The van der Waals surface area contributed by atoms with Crippen molar-refractivity contribution in [3.63, 3.8) is 0 Å². The SMILES string of the molecule is c1ccc(-c2cccc(-c3nc(-c4ccccc4)nc(-c4cccc5oc6ccc(-n7c8ccccc8c8ccccc87)cc6c45)n3)c2)cc1. The molecule has 0 aliphatic carbocycles. The zero-order chi connectivity index (χ0) is 33.0. The predicted octanol–water partition coefficient (Wildman–Crippen LogP) is 11.5. The number of aromatic nitrogens is 4. The Morgan fingerprint density at radius 3 is 1.70 bits per heavy atom. The smallest absolute Gasteiger partial charge is 0.164 e. The summed E-state index contributed by atoms with van der Waals surface area (Å²) in [5, 5.41) is 4.43. The quantitative estimate of drug-likeness (QED) is 0.188. The van der Waals surface area contributed by atoms with Crippen molar-refractivity contribution < 1.29 is 4.42 Å². The van der Waals surface area contributed by atoms with Crippen molar-refractivity contribution in [2.24, 2.45) is 0 Å². The number of nitrogens with zero attached hydrogens (tertiary/aromatic N) is 4. The van der Waals surface area contributed by atoms with E-state index in [-0.39, 0.29) is 0 Å². The lowest BCUT2D eigenvalue weighted by atomic mass is 10.0. The first-order valence-electron chi connectivity index (χ1n) is 16.7. The number of benzene rings is 7. The third-order valence-corrected chi connectivity index (χ3v) is 9.45. The summed E-state index contributed by atoms with van der Waals surface area (Å²) < 4.78 is 8.81. The maximum absolute atomic E-state index is 6.48. The van der Waals surface area contributed by atoms with Crippen LogP contribution in [0.4, 0.5) is 0 Å². The lowest BCUT2D eigenvalue weighted by Crippen LogP contribution is -2.00. The summed E-state index contributed by atoms with van der Waals surface area (Å²) in [4.78, 5) is 15.3. The van der Waals surface area contributed by atoms with E-state index in [2.05, 4.69) is 126 Å². The second-order valence-corrected chi connectivity index (χ2v) is 12.5. The van der Waals surface area contributed by atoms with Gasteiger partial charge in [-0.3, -0.25) is 0 Å². The van der Waals surface area contributed by atoms with Gasteiger partial charge in [-0.1, -0.05) is 127 Å². The van der Waals surface area contributed by atoms with Crippen LogP contribution in [-0.4, -0.2) is 19.5 Å². The number of hydrogen-bond donors (Lipinski definition) is 0. The minimum absolute atomic E-state index is 0.592. The molecule has 0 aliphatic rings. The minimum atomic E-state index is 0.592. The summed E-state index contributed by atoms with van der Waals surface area (Å²) in [6.45, 7) is 0.